The van der Waals surface area contributed by atoms with E-state index in [0.717, 1.165) is 50.4 Å². The fourth-order valence-corrected chi connectivity index (χ4v) is 3.86. The molecule has 3 aromatic rings. The number of aromatic nitrogens is 2. The number of fused-ring (bicyclic) bond motifs is 1. The van der Waals surface area contributed by atoms with E-state index < -0.39 is 11.7 Å². The van der Waals surface area contributed by atoms with Crippen LogP contribution in [0.3, 0.4) is 0 Å². The molecule has 1 aliphatic heterocycles. The zero-order valence-electron chi connectivity index (χ0n) is 15.4. The number of nitrogens with one attached hydrogen (secondary N) is 1. The molecule has 0 unspecified atom stereocenters. The van der Waals surface area contributed by atoms with Crippen molar-refractivity contribution in [2.24, 2.45) is 0 Å². The number of hydrogen-bond donors (Lipinski definition) is 1. The standard InChI is InChI=1S/C20H19Cl2F3N4/c21-15-4-2-13(10-16(15)22)19-17(12-28-8-1-6-26-7-9-28)29-11-14(20(23,24)25)3-5-18(29)27-19/h2-5,10-11,26H,1,6-9,12H2. The van der Waals surface area contributed by atoms with Crippen LogP contribution in [0.4, 0.5) is 13.2 Å². The van der Waals surface area contributed by atoms with Gasteiger partial charge >= 0.3 is 6.18 Å². The van der Waals surface area contributed by atoms with Crippen LogP contribution in [0.1, 0.15) is 17.7 Å². The number of hydrogen-bond acceptors (Lipinski definition) is 3. The van der Waals surface area contributed by atoms with Gasteiger partial charge in [-0.25, -0.2) is 4.98 Å². The Kier molecular flexibility index (Phi) is 5.75. The molecule has 0 atom stereocenters. The second-order valence-electron chi connectivity index (χ2n) is 7.06. The molecule has 154 valence electrons. The third kappa shape index (κ3) is 4.38. The highest BCUT2D eigenvalue weighted by Crippen LogP contribution is 2.34. The minimum atomic E-state index is -4.42. The van der Waals surface area contributed by atoms with E-state index in [4.69, 9.17) is 23.2 Å². The van der Waals surface area contributed by atoms with Gasteiger partial charge in [0.05, 0.1) is 27.0 Å². The maximum atomic E-state index is 13.3. The number of nitrogens with zero attached hydrogens (tertiary/aromatic N) is 3. The lowest BCUT2D eigenvalue weighted by Gasteiger charge is -2.20. The molecule has 0 amide bonds. The molecule has 29 heavy (non-hydrogen) atoms. The second-order valence-corrected chi connectivity index (χ2v) is 7.87. The van der Waals surface area contributed by atoms with Crippen LogP contribution < -0.4 is 5.32 Å². The van der Waals surface area contributed by atoms with Crippen LogP contribution in [-0.4, -0.2) is 40.5 Å². The van der Waals surface area contributed by atoms with Crippen molar-refractivity contribution in [1.82, 2.24) is 19.6 Å². The Morgan fingerprint density at radius 1 is 1.03 bits per heavy atom. The summed E-state index contributed by atoms with van der Waals surface area (Å²) in [5, 5.41) is 4.13. The van der Waals surface area contributed by atoms with Crippen molar-refractivity contribution in [2.45, 2.75) is 19.1 Å². The van der Waals surface area contributed by atoms with Gasteiger partial charge in [-0.2, -0.15) is 13.2 Å². The number of pyridine rings is 1. The minimum absolute atomic E-state index is 0.377. The van der Waals surface area contributed by atoms with E-state index in [0.29, 0.717) is 33.6 Å². The highest BCUT2D eigenvalue weighted by atomic mass is 35.5. The van der Waals surface area contributed by atoms with Gasteiger partial charge in [-0.1, -0.05) is 29.3 Å². The van der Waals surface area contributed by atoms with Gasteiger partial charge in [0.15, 0.2) is 0 Å². The maximum Gasteiger partial charge on any atom is 0.417 e. The van der Waals surface area contributed by atoms with Gasteiger partial charge in [0, 0.05) is 31.4 Å². The minimum Gasteiger partial charge on any atom is -0.315 e. The number of benzene rings is 1. The summed E-state index contributed by atoms with van der Waals surface area (Å²) in [5.74, 6) is 0. The van der Waals surface area contributed by atoms with E-state index >= 15 is 0 Å². The van der Waals surface area contributed by atoms with Crippen LogP contribution >= 0.6 is 23.2 Å². The Morgan fingerprint density at radius 3 is 2.62 bits per heavy atom. The smallest absolute Gasteiger partial charge is 0.315 e. The van der Waals surface area contributed by atoms with Gasteiger partial charge in [-0.3, -0.25) is 4.90 Å². The highest BCUT2D eigenvalue weighted by molar-refractivity contribution is 6.42. The van der Waals surface area contributed by atoms with Crippen LogP contribution in [-0.2, 0) is 12.7 Å². The van der Waals surface area contributed by atoms with Crippen molar-refractivity contribution in [3.05, 3.63) is 57.8 Å². The molecule has 2 aromatic heterocycles. The summed E-state index contributed by atoms with van der Waals surface area (Å²) in [4.78, 5) is 6.84. The van der Waals surface area contributed by atoms with Crippen molar-refractivity contribution < 1.29 is 13.2 Å². The average Bonchev–Trinajstić information content (AvgIpc) is 2.84. The van der Waals surface area contributed by atoms with Crippen LogP contribution in [0.2, 0.25) is 10.0 Å². The van der Waals surface area contributed by atoms with Crippen molar-refractivity contribution in [3.8, 4) is 11.3 Å². The molecule has 1 aliphatic rings. The first-order valence-electron chi connectivity index (χ1n) is 9.29. The van der Waals surface area contributed by atoms with Gasteiger partial charge in [0.25, 0.3) is 0 Å². The van der Waals surface area contributed by atoms with E-state index in [2.05, 4.69) is 15.2 Å². The van der Waals surface area contributed by atoms with E-state index in [-0.39, 0.29) is 0 Å². The molecule has 1 fully saturated rings. The Morgan fingerprint density at radius 2 is 1.86 bits per heavy atom. The third-order valence-corrected chi connectivity index (χ3v) is 5.78. The summed E-state index contributed by atoms with van der Waals surface area (Å²) in [5.41, 5.74) is 1.79. The lowest BCUT2D eigenvalue weighted by Crippen LogP contribution is -2.28. The SMILES string of the molecule is FC(F)(F)c1ccc2nc(-c3ccc(Cl)c(Cl)c3)c(CN3CCCNCC3)n2c1. The second kappa shape index (κ2) is 8.14. The topological polar surface area (TPSA) is 32.6 Å². The number of alkyl halides is 3. The molecule has 1 saturated heterocycles. The van der Waals surface area contributed by atoms with Crippen molar-refractivity contribution in [3.63, 3.8) is 0 Å². The Labute approximate surface area is 176 Å². The summed E-state index contributed by atoms with van der Waals surface area (Å²) in [6.45, 7) is 3.93. The molecule has 4 nitrogen and oxygen atoms in total. The fourth-order valence-electron chi connectivity index (χ4n) is 3.56. The summed E-state index contributed by atoms with van der Waals surface area (Å²) in [6, 6.07) is 7.61. The van der Waals surface area contributed by atoms with Crippen molar-refractivity contribution >= 4 is 28.8 Å². The molecule has 0 bridgehead atoms. The molecular formula is C20H19Cl2F3N4. The Hall–Kier alpha value is -1.80. The molecular weight excluding hydrogens is 424 g/mol. The van der Waals surface area contributed by atoms with Crippen LogP contribution in [0.25, 0.3) is 16.9 Å². The summed E-state index contributed by atoms with van der Waals surface area (Å²) in [6.07, 6.45) is -2.33. The van der Waals surface area contributed by atoms with Crippen LogP contribution in [0.15, 0.2) is 36.5 Å². The van der Waals surface area contributed by atoms with E-state index in [9.17, 15) is 13.2 Å². The first kappa shape index (κ1) is 20.5. The van der Waals surface area contributed by atoms with Crippen LogP contribution in [0, 0.1) is 0 Å². The van der Waals surface area contributed by atoms with Crippen molar-refractivity contribution in [1.29, 1.82) is 0 Å². The molecule has 0 spiro atoms. The zero-order chi connectivity index (χ0) is 20.6. The molecule has 9 heteroatoms. The molecule has 1 aromatic carbocycles. The van der Waals surface area contributed by atoms with E-state index in [1.54, 1.807) is 22.6 Å². The fraction of sp³-hybridized carbons (Fsp3) is 0.350. The van der Waals surface area contributed by atoms with Gasteiger partial charge in [0.2, 0.25) is 0 Å². The quantitative estimate of drug-likeness (QED) is 0.610. The zero-order valence-corrected chi connectivity index (χ0v) is 17.0. The highest BCUT2D eigenvalue weighted by Gasteiger charge is 2.31. The predicted octanol–water partition coefficient (Wildman–Crippen LogP) is 5.12. The lowest BCUT2D eigenvalue weighted by molar-refractivity contribution is -0.137. The molecule has 3 heterocycles. The number of imidazole rings is 1. The first-order valence-corrected chi connectivity index (χ1v) is 10.1. The van der Waals surface area contributed by atoms with Gasteiger partial charge in [0.1, 0.15) is 5.65 Å². The monoisotopic (exact) mass is 442 g/mol. The summed E-state index contributed by atoms with van der Waals surface area (Å²) >= 11 is 12.2. The average molecular weight is 443 g/mol. The lowest BCUT2D eigenvalue weighted by atomic mass is 10.1. The Bertz CT molecular complexity index is 1020. The number of rotatable bonds is 3. The molecule has 0 saturated carbocycles. The molecule has 0 radical (unpaired) electrons. The van der Waals surface area contributed by atoms with Gasteiger partial charge in [-0.05, 0) is 43.8 Å². The maximum absolute atomic E-state index is 13.3. The summed E-state index contributed by atoms with van der Waals surface area (Å²) in [7, 11) is 0. The normalized spacial score (nSPS) is 16.3. The molecule has 0 aliphatic carbocycles. The van der Waals surface area contributed by atoms with E-state index in [1.807, 2.05) is 0 Å². The summed E-state index contributed by atoms with van der Waals surface area (Å²) < 4.78 is 41.4. The van der Waals surface area contributed by atoms with Gasteiger partial charge < -0.3 is 9.72 Å². The molecule has 1 N–H and O–H groups in total. The third-order valence-electron chi connectivity index (χ3n) is 5.04. The van der Waals surface area contributed by atoms with Gasteiger partial charge in [-0.15, -0.1) is 0 Å². The predicted molar refractivity (Wildman–Crippen MR) is 108 cm³/mol. The molecule has 4 rings (SSSR count). The van der Waals surface area contributed by atoms with E-state index in [1.165, 1.54) is 6.07 Å². The van der Waals surface area contributed by atoms with Crippen LogP contribution in [0.5, 0.6) is 0 Å². The largest absolute Gasteiger partial charge is 0.417 e. The first-order chi connectivity index (χ1) is 13.8. The van der Waals surface area contributed by atoms with Crippen molar-refractivity contribution in [2.75, 3.05) is 26.2 Å². The number of halogens is 5. The Balaban J connectivity index is 1.85.